The Labute approximate surface area is 135 Å². The van der Waals surface area contributed by atoms with Gasteiger partial charge in [-0.1, -0.05) is 18.5 Å². The van der Waals surface area contributed by atoms with E-state index in [1.54, 1.807) is 6.07 Å². The third-order valence-corrected chi connectivity index (χ3v) is 3.98. The van der Waals surface area contributed by atoms with Crippen LogP contribution < -0.4 is 16.0 Å². The molecule has 0 unspecified atom stereocenters. The summed E-state index contributed by atoms with van der Waals surface area (Å²) in [6, 6.07) is 1.93. The molecular weight excluding hydrogens is 304 g/mol. The molecule has 0 radical (unpaired) electrons. The fourth-order valence-corrected chi connectivity index (χ4v) is 2.53. The van der Waals surface area contributed by atoms with Crippen molar-refractivity contribution in [2.24, 2.45) is 0 Å². The molecule has 1 aromatic rings. The fraction of sp³-hybridized carbons (Fsp3) is 0.643. The van der Waals surface area contributed by atoms with Gasteiger partial charge in [-0.2, -0.15) is 4.98 Å². The van der Waals surface area contributed by atoms with Crippen LogP contribution in [-0.4, -0.2) is 59.5 Å². The third-order valence-electron chi connectivity index (χ3n) is 3.78. The number of hydrogen-bond acceptors (Lipinski definition) is 6. The summed E-state index contributed by atoms with van der Waals surface area (Å²) in [4.78, 5) is 24.2. The molecule has 1 fully saturated rings. The van der Waals surface area contributed by atoms with Crippen molar-refractivity contribution in [3.05, 3.63) is 11.2 Å². The van der Waals surface area contributed by atoms with E-state index in [0.29, 0.717) is 11.7 Å². The van der Waals surface area contributed by atoms with E-state index in [4.69, 9.17) is 17.3 Å². The molecule has 1 aliphatic rings. The first-order chi connectivity index (χ1) is 10.5. The third kappa shape index (κ3) is 4.71. The molecule has 22 heavy (non-hydrogen) atoms. The zero-order valence-electron chi connectivity index (χ0n) is 13.0. The molecule has 1 aromatic heterocycles. The maximum atomic E-state index is 11.9. The van der Waals surface area contributed by atoms with E-state index in [-0.39, 0.29) is 17.9 Å². The highest BCUT2D eigenvalue weighted by atomic mass is 35.5. The van der Waals surface area contributed by atoms with Gasteiger partial charge < -0.3 is 16.0 Å². The molecule has 2 rings (SSSR count). The normalized spacial score (nSPS) is 17.3. The van der Waals surface area contributed by atoms with Crippen molar-refractivity contribution < 1.29 is 4.79 Å². The quantitative estimate of drug-likeness (QED) is 0.776. The Hall–Kier alpha value is -1.60. The molecule has 122 valence electrons. The van der Waals surface area contributed by atoms with Crippen molar-refractivity contribution in [3.8, 4) is 0 Å². The fourth-order valence-electron chi connectivity index (χ4n) is 2.35. The van der Waals surface area contributed by atoms with Crippen LogP contribution in [0, 0.1) is 0 Å². The van der Waals surface area contributed by atoms with Crippen LogP contribution in [0.3, 0.4) is 0 Å². The highest BCUT2D eigenvalue weighted by Crippen LogP contribution is 2.18. The minimum atomic E-state index is 0.0807. The number of anilines is 2. The van der Waals surface area contributed by atoms with Gasteiger partial charge in [-0.15, -0.1) is 0 Å². The molecule has 0 aliphatic carbocycles. The number of nitrogens with two attached hydrogens (primary N) is 1. The van der Waals surface area contributed by atoms with Crippen molar-refractivity contribution in [3.63, 3.8) is 0 Å². The predicted octanol–water partition coefficient (Wildman–Crippen LogP) is 0.749. The van der Waals surface area contributed by atoms with Crippen LogP contribution in [0.4, 0.5) is 11.8 Å². The Morgan fingerprint density at radius 1 is 1.41 bits per heavy atom. The van der Waals surface area contributed by atoms with Crippen LogP contribution in [0.25, 0.3) is 0 Å². The van der Waals surface area contributed by atoms with Crippen molar-refractivity contribution in [1.82, 2.24) is 20.2 Å². The van der Waals surface area contributed by atoms with Crippen LogP contribution in [0.15, 0.2) is 6.07 Å². The molecule has 1 amide bonds. The van der Waals surface area contributed by atoms with Gasteiger partial charge in [0.25, 0.3) is 0 Å². The van der Waals surface area contributed by atoms with E-state index < -0.39 is 0 Å². The van der Waals surface area contributed by atoms with Gasteiger partial charge in [-0.05, 0) is 13.3 Å². The van der Waals surface area contributed by atoms with E-state index >= 15 is 0 Å². The summed E-state index contributed by atoms with van der Waals surface area (Å²) in [6.45, 7) is 7.67. The summed E-state index contributed by atoms with van der Waals surface area (Å²) in [5, 5.41) is 3.33. The molecule has 1 atom stereocenters. The number of nitrogens with zero attached hydrogens (tertiary/aromatic N) is 4. The van der Waals surface area contributed by atoms with E-state index in [2.05, 4.69) is 32.0 Å². The number of nitrogens with one attached hydrogen (secondary N) is 1. The smallest absolute Gasteiger partial charge is 0.234 e. The monoisotopic (exact) mass is 326 g/mol. The average Bonchev–Trinajstić information content (AvgIpc) is 2.46. The number of piperazine rings is 1. The van der Waals surface area contributed by atoms with E-state index in [1.807, 2.05) is 6.92 Å². The van der Waals surface area contributed by atoms with Crippen LogP contribution in [-0.2, 0) is 4.79 Å². The van der Waals surface area contributed by atoms with Crippen molar-refractivity contribution >= 4 is 29.3 Å². The Morgan fingerprint density at radius 2 is 2.09 bits per heavy atom. The average molecular weight is 327 g/mol. The highest BCUT2D eigenvalue weighted by molar-refractivity contribution is 6.29. The first-order valence-electron chi connectivity index (χ1n) is 7.54. The van der Waals surface area contributed by atoms with Gasteiger partial charge in [0.1, 0.15) is 11.0 Å². The summed E-state index contributed by atoms with van der Waals surface area (Å²) in [5.74, 6) is 0.996. The molecule has 0 spiro atoms. The van der Waals surface area contributed by atoms with Gasteiger partial charge in [0.05, 0.1) is 6.54 Å². The lowest BCUT2D eigenvalue weighted by Crippen LogP contribution is -2.50. The summed E-state index contributed by atoms with van der Waals surface area (Å²) in [7, 11) is 0. The van der Waals surface area contributed by atoms with Crippen molar-refractivity contribution in [1.29, 1.82) is 0 Å². The number of hydrogen-bond donors (Lipinski definition) is 2. The summed E-state index contributed by atoms with van der Waals surface area (Å²) in [5.41, 5.74) is 5.62. The van der Waals surface area contributed by atoms with E-state index in [0.717, 1.165) is 38.4 Å². The number of rotatable bonds is 5. The molecular formula is C14H23ClN6O. The molecule has 8 heteroatoms. The van der Waals surface area contributed by atoms with Gasteiger partial charge in [-0.25, -0.2) is 4.98 Å². The molecule has 0 bridgehead atoms. The molecule has 1 saturated heterocycles. The standard InChI is InChI=1S/C14H23ClN6O/c1-3-10(2)17-13(22)9-20-4-6-21(7-5-20)12-8-11(15)18-14(16)19-12/h8,10H,3-7,9H2,1-2H3,(H,17,22)(H2,16,18,19)/t10-/m0/s1. The van der Waals surface area contributed by atoms with Gasteiger partial charge in [-0.3, -0.25) is 9.69 Å². The van der Waals surface area contributed by atoms with Gasteiger partial charge in [0.15, 0.2) is 0 Å². The number of halogens is 1. The largest absolute Gasteiger partial charge is 0.368 e. The number of carbonyl (C=O) groups is 1. The SMILES string of the molecule is CC[C@H](C)NC(=O)CN1CCN(c2cc(Cl)nc(N)n2)CC1. The molecule has 2 heterocycles. The highest BCUT2D eigenvalue weighted by Gasteiger charge is 2.20. The number of amides is 1. The first kappa shape index (κ1) is 16.8. The second kappa shape index (κ2) is 7.60. The second-order valence-corrected chi connectivity index (χ2v) is 5.93. The van der Waals surface area contributed by atoms with E-state index in [9.17, 15) is 4.79 Å². The lowest BCUT2D eigenvalue weighted by molar-refractivity contribution is -0.122. The van der Waals surface area contributed by atoms with Crippen molar-refractivity contribution in [2.75, 3.05) is 43.4 Å². The minimum Gasteiger partial charge on any atom is -0.368 e. The lowest BCUT2D eigenvalue weighted by atomic mass is 10.2. The summed E-state index contributed by atoms with van der Waals surface area (Å²) < 4.78 is 0. The summed E-state index contributed by atoms with van der Waals surface area (Å²) >= 11 is 5.91. The maximum absolute atomic E-state index is 11.9. The molecule has 0 saturated carbocycles. The molecule has 7 nitrogen and oxygen atoms in total. The topological polar surface area (TPSA) is 87.4 Å². The zero-order chi connectivity index (χ0) is 16.1. The summed E-state index contributed by atoms with van der Waals surface area (Å²) in [6.07, 6.45) is 0.940. The number of aromatic nitrogens is 2. The van der Waals surface area contributed by atoms with Gasteiger partial charge in [0, 0.05) is 38.3 Å². The van der Waals surface area contributed by atoms with Crippen LogP contribution in [0.5, 0.6) is 0 Å². The Morgan fingerprint density at radius 3 is 2.68 bits per heavy atom. The number of carbonyl (C=O) groups excluding carboxylic acids is 1. The predicted molar refractivity (Wildman–Crippen MR) is 88.0 cm³/mol. The maximum Gasteiger partial charge on any atom is 0.234 e. The second-order valence-electron chi connectivity index (χ2n) is 5.55. The van der Waals surface area contributed by atoms with Crippen LogP contribution >= 0.6 is 11.6 Å². The van der Waals surface area contributed by atoms with Crippen LogP contribution in [0.1, 0.15) is 20.3 Å². The Kier molecular flexibility index (Phi) is 5.79. The van der Waals surface area contributed by atoms with Crippen molar-refractivity contribution in [2.45, 2.75) is 26.3 Å². The Bertz CT molecular complexity index is 498. The lowest BCUT2D eigenvalue weighted by Gasteiger charge is -2.35. The van der Waals surface area contributed by atoms with E-state index in [1.165, 1.54) is 0 Å². The first-order valence-corrected chi connectivity index (χ1v) is 7.92. The molecule has 1 aliphatic heterocycles. The minimum absolute atomic E-state index is 0.0807. The Balaban J connectivity index is 1.84. The van der Waals surface area contributed by atoms with Gasteiger partial charge in [0.2, 0.25) is 11.9 Å². The zero-order valence-corrected chi connectivity index (χ0v) is 13.8. The number of nitrogen functional groups attached to an aromatic ring is 1. The van der Waals surface area contributed by atoms with Gasteiger partial charge >= 0.3 is 0 Å². The molecule has 0 aromatic carbocycles. The van der Waals surface area contributed by atoms with Crippen LogP contribution in [0.2, 0.25) is 5.15 Å². The molecule has 3 N–H and O–H groups in total.